The largest absolute Gasteiger partial charge is 0.338 e. The summed E-state index contributed by atoms with van der Waals surface area (Å²) < 4.78 is 0. The number of hydrogen-bond donors (Lipinski definition) is 0. The molecule has 2 aliphatic rings. The second kappa shape index (κ2) is 7.67. The van der Waals surface area contributed by atoms with Crippen molar-refractivity contribution in [3.63, 3.8) is 0 Å². The van der Waals surface area contributed by atoms with Crippen molar-refractivity contribution >= 4 is 17.2 Å². The lowest BCUT2D eigenvalue weighted by Gasteiger charge is -2.24. The van der Waals surface area contributed by atoms with Crippen LogP contribution in [0.2, 0.25) is 0 Å². The summed E-state index contributed by atoms with van der Waals surface area (Å²) in [5, 5.41) is 1.23. The minimum Gasteiger partial charge on any atom is -0.338 e. The van der Waals surface area contributed by atoms with Crippen LogP contribution in [0, 0.1) is 0 Å². The Kier molecular flexibility index (Phi) is 5.13. The normalized spacial score (nSPS) is 21.4. The van der Waals surface area contributed by atoms with Crippen LogP contribution < -0.4 is 0 Å². The van der Waals surface area contributed by atoms with Gasteiger partial charge >= 0.3 is 0 Å². The summed E-state index contributed by atoms with van der Waals surface area (Å²) in [7, 11) is 0. The number of hydrogen-bond acceptors (Lipinski definition) is 4. The number of carbonyl (C=O) groups is 1. The third kappa shape index (κ3) is 4.10. The molecule has 3 heterocycles. The van der Waals surface area contributed by atoms with Crippen LogP contribution in [-0.2, 0) is 24.2 Å². The lowest BCUT2D eigenvalue weighted by molar-refractivity contribution is -0.129. The summed E-state index contributed by atoms with van der Waals surface area (Å²) in [4.78, 5) is 22.5. The van der Waals surface area contributed by atoms with Crippen molar-refractivity contribution in [2.45, 2.75) is 44.7 Å². The quantitative estimate of drug-likeness (QED) is 0.799. The molecule has 2 aliphatic heterocycles. The number of carbonyl (C=O) groups excluding carboxylic acids is 1. The maximum absolute atomic E-state index is 11.9. The van der Waals surface area contributed by atoms with E-state index in [0.717, 1.165) is 58.3 Å². The molecule has 0 saturated carbocycles. The lowest BCUT2D eigenvalue weighted by atomic mass is 10.1. The van der Waals surface area contributed by atoms with Crippen molar-refractivity contribution in [1.29, 1.82) is 0 Å². The van der Waals surface area contributed by atoms with Crippen LogP contribution in [0.25, 0.3) is 0 Å². The Balaban J connectivity index is 1.27. The van der Waals surface area contributed by atoms with Crippen LogP contribution in [0.5, 0.6) is 0 Å². The van der Waals surface area contributed by atoms with Gasteiger partial charge in [-0.25, -0.2) is 4.98 Å². The maximum atomic E-state index is 11.9. The second-order valence-corrected chi connectivity index (χ2v) is 8.27. The lowest BCUT2D eigenvalue weighted by Crippen LogP contribution is -2.38. The highest BCUT2D eigenvalue weighted by Crippen LogP contribution is 2.24. The summed E-state index contributed by atoms with van der Waals surface area (Å²) in [6.07, 6.45) is 7.01. The highest BCUT2D eigenvalue weighted by Gasteiger charge is 2.33. The summed E-state index contributed by atoms with van der Waals surface area (Å²) in [5.74, 6) is 0.354. The minimum absolute atomic E-state index is 0.354. The van der Waals surface area contributed by atoms with Gasteiger partial charge in [-0.2, -0.15) is 0 Å². The minimum atomic E-state index is 0.354. The van der Waals surface area contributed by atoms with Crippen molar-refractivity contribution in [3.05, 3.63) is 52.0 Å². The fourth-order valence-electron chi connectivity index (χ4n) is 3.92. The average Bonchev–Trinajstić information content (AvgIpc) is 3.36. The molecule has 1 aromatic carbocycles. The highest BCUT2D eigenvalue weighted by molar-refractivity contribution is 7.11. The van der Waals surface area contributed by atoms with Crippen LogP contribution in [0.4, 0.5) is 0 Å². The first-order valence-electron chi connectivity index (χ1n) is 9.27. The van der Waals surface area contributed by atoms with Crippen LogP contribution >= 0.6 is 11.3 Å². The number of amides is 1. The molecule has 2 aromatic rings. The SMILES string of the molecule is O=C1CCCN1C1CCN(Cc2cnc(CCc3ccccc3)s2)C1. The molecule has 132 valence electrons. The number of aryl methyl sites for hydroxylation is 2. The van der Waals surface area contributed by atoms with E-state index < -0.39 is 0 Å². The predicted molar refractivity (Wildman–Crippen MR) is 101 cm³/mol. The molecular weight excluding hydrogens is 330 g/mol. The third-order valence-corrected chi connectivity index (χ3v) is 6.29. The third-order valence-electron chi connectivity index (χ3n) is 5.25. The molecule has 5 heteroatoms. The molecule has 4 nitrogen and oxygen atoms in total. The standard InChI is InChI=1S/C20H25N3OS/c24-20-7-4-11-23(20)17-10-12-22(14-17)15-18-13-21-19(25-18)9-8-16-5-2-1-3-6-16/h1-3,5-6,13,17H,4,7-12,14-15H2. The zero-order chi connectivity index (χ0) is 17.1. The Bertz CT molecular complexity index is 715. The number of likely N-dealkylation sites (tertiary alicyclic amines) is 2. The predicted octanol–water partition coefficient (Wildman–Crippen LogP) is 3.13. The van der Waals surface area contributed by atoms with Gasteiger partial charge in [0.05, 0.1) is 5.01 Å². The maximum Gasteiger partial charge on any atom is 0.222 e. The Morgan fingerprint density at radius 2 is 2.04 bits per heavy atom. The van der Waals surface area contributed by atoms with Crippen molar-refractivity contribution in [3.8, 4) is 0 Å². The number of nitrogens with zero attached hydrogens (tertiary/aromatic N) is 3. The summed E-state index contributed by atoms with van der Waals surface area (Å²) >= 11 is 1.84. The van der Waals surface area contributed by atoms with E-state index in [2.05, 4.69) is 45.1 Å². The molecule has 1 amide bonds. The zero-order valence-corrected chi connectivity index (χ0v) is 15.4. The van der Waals surface area contributed by atoms with Gasteiger partial charge in [-0.1, -0.05) is 30.3 Å². The van der Waals surface area contributed by atoms with Gasteiger partial charge in [-0.05, 0) is 24.8 Å². The van der Waals surface area contributed by atoms with Gasteiger partial charge in [0.15, 0.2) is 0 Å². The van der Waals surface area contributed by atoms with Crippen LogP contribution in [0.15, 0.2) is 36.5 Å². The van der Waals surface area contributed by atoms with E-state index in [9.17, 15) is 4.79 Å². The molecule has 25 heavy (non-hydrogen) atoms. The fourth-order valence-corrected chi connectivity index (χ4v) is 4.88. The Hall–Kier alpha value is -1.72. The van der Waals surface area contributed by atoms with Gasteiger partial charge in [0.25, 0.3) is 0 Å². The van der Waals surface area contributed by atoms with Crippen LogP contribution in [-0.4, -0.2) is 46.4 Å². The molecule has 1 atom stereocenters. The van der Waals surface area contributed by atoms with Crippen LogP contribution in [0.1, 0.15) is 34.7 Å². The fraction of sp³-hybridized carbons (Fsp3) is 0.500. The first-order valence-corrected chi connectivity index (χ1v) is 10.1. The Morgan fingerprint density at radius 1 is 1.16 bits per heavy atom. The van der Waals surface area contributed by atoms with E-state index in [0.29, 0.717) is 11.9 Å². The molecule has 0 spiro atoms. The molecule has 0 aliphatic carbocycles. The molecule has 0 N–H and O–H groups in total. The smallest absolute Gasteiger partial charge is 0.222 e. The number of thiazole rings is 1. The van der Waals surface area contributed by atoms with E-state index in [1.54, 1.807) is 0 Å². The van der Waals surface area contributed by atoms with Crippen molar-refractivity contribution in [1.82, 2.24) is 14.8 Å². The van der Waals surface area contributed by atoms with Gasteiger partial charge < -0.3 is 4.90 Å². The van der Waals surface area contributed by atoms with Crippen LogP contribution in [0.3, 0.4) is 0 Å². The second-order valence-electron chi connectivity index (χ2n) is 7.07. The van der Waals surface area contributed by atoms with Gasteiger partial charge in [0.1, 0.15) is 0 Å². The van der Waals surface area contributed by atoms with Gasteiger partial charge in [0.2, 0.25) is 5.91 Å². The van der Waals surface area contributed by atoms with Crippen molar-refractivity contribution in [2.24, 2.45) is 0 Å². The Morgan fingerprint density at radius 3 is 2.84 bits per heavy atom. The van der Waals surface area contributed by atoms with E-state index in [1.807, 2.05) is 17.5 Å². The van der Waals surface area contributed by atoms with E-state index in [-0.39, 0.29) is 0 Å². The summed E-state index contributed by atoms with van der Waals surface area (Å²) in [5.41, 5.74) is 1.37. The van der Waals surface area contributed by atoms with E-state index >= 15 is 0 Å². The molecule has 0 bridgehead atoms. The molecule has 2 saturated heterocycles. The highest BCUT2D eigenvalue weighted by atomic mass is 32.1. The molecule has 1 unspecified atom stereocenters. The molecular formula is C20H25N3OS. The Labute approximate surface area is 153 Å². The first kappa shape index (κ1) is 16.7. The molecule has 1 aromatic heterocycles. The van der Waals surface area contributed by atoms with E-state index in [4.69, 9.17) is 0 Å². The van der Waals surface area contributed by atoms with E-state index in [1.165, 1.54) is 15.4 Å². The number of aromatic nitrogens is 1. The first-order chi connectivity index (χ1) is 12.3. The monoisotopic (exact) mass is 355 g/mol. The van der Waals surface area contributed by atoms with Gasteiger partial charge in [-0.15, -0.1) is 11.3 Å². The van der Waals surface area contributed by atoms with Crippen molar-refractivity contribution in [2.75, 3.05) is 19.6 Å². The average molecular weight is 356 g/mol. The zero-order valence-electron chi connectivity index (χ0n) is 14.6. The molecule has 0 radical (unpaired) electrons. The molecule has 2 fully saturated rings. The number of rotatable bonds is 6. The van der Waals surface area contributed by atoms with Crippen molar-refractivity contribution < 1.29 is 4.79 Å². The number of benzene rings is 1. The van der Waals surface area contributed by atoms with Gasteiger partial charge in [0, 0.05) is 56.1 Å². The summed E-state index contributed by atoms with van der Waals surface area (Å²) in [6, 6.07) is 11.0. The van der Waals surface area contributed by atoms with Gasteiger partial charge in [-0.3, -0.25) is 9.69 Å². The summed E-state index contributed by atoms with van der Waals surface area (Å²) in [6.45, 7) is 4.04. The topological polar surface area (TPSA) is 36.4 Å². The molecule has 4 rings (SSSR count).